The first-order chi connectivity index (χ1) is 15.6. The summed E-state index contributed by atoms with van der Waals surface area (Å²) in [5.74, 6) is 0.865. The average molecular weight is 447 g/mol. The minimum absolute atomic E-state index is 0.0362. The first kappa shape index (κ1) is 21.0. The number of hydrogen-bond donors (Lipinski definition) is 1. The fourth-order valence-corrected chi connectivity index (χ4v) is 5.88. The molecule has 2 aromatic heterocycles. The Labute approximate surface area is 195 Å². The molecule has 2 unspecified atom stereocenters. The van der Waals surface area contributed by atoms with Crippen LogP contribution in [0.3, 0.4) is 0 Å². The molecule has 3 heterocycles. The van der Waals surface area contributed by atoms with E-state index < -0.39 is 0 Å². The van der Waals surface area contributed by atoms with Gasteiger partial charge in [0.25, 0.3) is 0 Å². The minimum atomic E-state index is 0.0362. The van der Waals surface area contributed by atoms with Crippen LogP contribution in [0, 0.1) is 13.8 Å². The van der Waals surface area contributed by atoms with Crippen LogP contribution in [0.1, 0.15) is 60.4 Å². The molecule has 0 spiro atoms. The van der Waals surface area contributed by atoms with Crippen molar-refractivity contribution in [3.8, 4) is 11.4 Å². The number of nitrogens with zero attached hydrogens (tertiary/aromatic N) is 3. The molecule has 3 aromatic rings. The van der Waals surface area contributed by atoms with E-state index in [1.807, 2.05) is 24.4 Å². The van der Waals surface area contributed by atoms with Gasteiger partial charge in [-0.1, -0.05) is 18.9 Å². The molecule has 1 aliphatic heterocycles. The smallest absolute Gasteiger partial charge is 0.170 e. The first-order valence-electron chi connectivity index (χ1n) is 11.4. The van der Waals surface area contributed by atoms with Gasteiger partial charge >= 0.3 is 0 Å². The fourth-order valence-electron chi connectivity index (χ4n) is 5.49. The molecule has 32 heavy (non-hydrogen) atoms. The van der Waals surface area contributed by atoms with Crippen molar-refractivity contribution >= 4 is 17.3 Å². The lowest BCUT2D eigenvalue weighted by atomic mass is 9.95. The van der Waals surface area contributed by atoms with Crippen molar-refractivity contribution in [2.45, 2.75) is 57.7 Å². The predicted molar refractivity (Wildman–Crippen MR) is 131 cm³/mol. The number of ether oxygens (including phenoxy) is 1. The van der Waals surface area contributed by atoms with E-state index in [1.54, 1.807) is 7.11 Å². The second kappa shape index (κ2) is 8.58. The Morgan fingerprint density at radius 2 is 1.81 bits per heavy atom. The van der Waals surface area contributed by atoms with Gasteiger partial charge in [-0.2, -0.15) is 0 Å². The SMILES string of the molecule is COc1ccc(-n2c(C)cc(C3C(c4ccccn4)NC(=S)N3C3CCCC3)c2C)cc1. The molecule has 1 aromatic carbocycles. The van der Waals surface area contributed by atoms with Crippen LogP contribution in [-0.2, 0) is 0 Å². The summed E-state index contributed by atoms with van der Waals surface area (Å²) < 4.78 is 7.68. The van der Waals surface area contributed by atoms with E-state index in [4.69, 9.17) is 21.9 Å². The molecule has 2 aliphatic rings. The minimum Gasteiger partial charge on any atom is -0.497 e. The van der Waals surface area contributed by atoms with Crippen LogP contribution in [0.25, 0.3) is 5.69 Å². The van der Waals surface area contributed by atoms with Gasteiger partial charge in [0, 0.05) is 29.3 Å². The summed E-state index contributed by atoms with van der Waals surface area (Å²) in [5, 5.41) is 4.48. The van der Waals surface area contributed by atoms with E-state index in [2.05, 4.69) is 59.0 Å². The molecular formula is C26H30N4OS. The Balaban J connectivity index is 1.61. The summed E-state index contributed by atoms with van der Waals surface area (Å²) >= 11 is 5.90. The Morgan fingerprint density at radius 1 is 1.06 bits per heavy atom. The monoisotopic (exact) mass is 446 g/mol. The van der Waals surface area contributed by atoms with Gasteiger partial charge in [-0.3, -0.25) is 4.98 Å². The highest BCUT2D eigenvalue weighted by atomic mass is 32.1. The molecule has 1 N–H and O–H groups in total. The number of nitrogens with one attached hydrogen (secondary N) is 1. The van der Waals surface area contributed by atoms with E-state index in [0.717, 1.165) is 22.2 Å². The van der Waals surface area contributed by atoms with Crippen LogP contribution in [0.4, 0.5) is 0 Å². The predicted octanol–water partition coefficient (Wildman–Crippen LogP) is 5.41. The van der Waals surface area contributed by atoms with E-state index >= 15 is 0 Å². The van der Waals surface area contributed by atoms with Gasteiger partial charge in [-0.15, -0.1) is 0 Å². The van der Waals surface area contributed by atoms with Gasteiger partial charge in [-0.05, 0) is 86.9 Å². The van der Waals surface area contributed by atoms with E-state index in [0.29, 0.717) is 6.04 Å². The lowest BCUT2D eigenvalue weighted by molar-refractivity contribution is 0.245. The molecule has 5 rings (SSSR count). The van der Waals surface area contributed by atoms with Crippen LogP contribution in [0.5, 0.6) is 5.75 Å². The van der Waals surface area contributed by atoms with Crippen molar-refractivity contribution in [2.75, 3.05) is 7.11 Å². The van der Waals surface area contributed by atoms with Gasteiger partial charge in [0.2, 0.25) is 0 Å². The molecule has 2 fully saturated rings. The average Bonchev–Trinajstić information content (AvgIpc) is 3.52. The molecule has 5 nitrogen and oxygen atoms in total. The number of hydrogen-bond acceptors (Lipinski definition) is 3. The molecular weight excluding hydrogens is 416 g/mol. The first-order valence-corrected chi connectivity index (χ1v) is 11.8. The Hall–Kier alpha value is -2.86. The Morgan fingerprint density at radius 3 is 2.47 bits per heavy atom. The summed E-state index contributed by atoms with van der Waals surface area (Å²) in [4.78, 5) is 7.17. The van der Waals surface area contributed by atoms with E-state index in [9.17, 15) is 0 Å². The van der Waals surface area contributed by atoms with Crippen molar-refractivity contribution in [2.24, 2.45) is 0 Å². The summed E-state index contributed by atoms with van der Waals surface area (Å²) in [7, 11) is 1.70. The standard InChI is InChI=1S/C26H30N4OS/c1-17-16-22(18(2)29(17)20-11-13-21(31-3)14-12-20)25-24(23-10-6-7-15-27-23)28-26(32)30(25)19-8-4-5-9-19/h6-7,10-16,19,24-25H,4-5,8-9H2,1-3H3,(H,28,32). The third-order valence-corrected chi connectivity index (χ3v) is 7.30. The van der Waals surface area contributed by atoms with Crippen molar-refractivity contribution in [1.82, 2.24) is 19.8 Å². The molecule has 1 aliphatic carbocycles. The number of pyridine rings is 1. The maximum atomic E-state index is 5.90. The largest absolute Gasteiger partial charge is 0.497 e. The third-order valence-electron chi connectivity index (χ3n) is 6.97. The maximum Gasteiger partial charge on any atom is 0.170 e. The fraction of sp³-hybridized carbons (Fsp3) is 0.385. The van der Waals surface area contributed by atoms with Crippen molar-refractivity contribution in [3.63, 3.8) is 0 Å². The molecule has 1 saturated carbocycles. The zero-order chi connectivity index (χ0) is 22.2. The topological polar surface area (TPSA) is 42.3 Å². The van der Waals surface area contributed by atoms with Crippen LogP contribution >= 0.6 is 12.2 Å². The number of aryl methyl sites for hydroxylation is 1. The second-order valence-electron chi connectivity index (χ2n) is 8.83. The number of benzene rings is 1. The van der Waals surface area contributed by atoms with E-state index in [1.165, 1.54) is 42.6 Å². The Bertz CT molecular complexity index is 1100. The highest BCUT2D eigenvalue weighted by molar-refractivity contribution is 7.80. The highest BCUT2D eigenvalue weighted by Gasteiger charge is 2.44. The van der Waals surface area contributed by atoms with Crippen LogP contribution in [0.2, 0.25) is 0 Å². The number of aromatic nitrogens is 2. The molecule has 2 atom stereocenters. The van der Waals surface area contributed by atoms with Crippen LogP contribution < -0.4 is 10.1 Å². The van der Waals surface area contributed by atoms with Crippen LogP contribution in [0.15, 0.2) is 54.7 Å². The highest BCUT2D eigenvalue weighted by Crippen LogP contribution is 2.44. The molecule has 0 amide bonds. The normalized spacial score (nSPS) is 21.2. The number of methoxy groups -OCH3 is 1. The zero-order valence-corrected chi connectivity index (χ0v) is 19.7. The number of rotatable bonds is 5. The summed E-state index contributed by atoms with van der Waals surface area (Å²) in [5.41, 5.74) is 5.95. The molecule has 1 saturated heterocycles. The van der Waals surface area contributed by atoms with E-state index in [-0.39, 0.29) is 12.1 Å². The van der Waals surface area contributed by atoms with Crippen molar-refractivity contribution in [3.05, 3.63) is 77.4 Å². The molecule has 0 bridgehead atoms. The van der Waals surface area contributed by atoms with Gasteiger partial charge in [0.05, 0.1) is 24.9 Å². The lowest BCUT2D eigenvalue weighted by Gasteiger charge is -2.33. The van der Waals surface area contributed by atoms with Crippen molar-refractivity contribution in [1.29, 1.82) is 0 Å². The quantitative estimate of drug-likeness (QED) is 0.531. The summed E-state index contributed by atoms with van der Waals surface area (Å²) in [6, 6.07) is 17.4. The third kappa shape index (κ3) is 3.56. The van der Waals surface area contributed by atoms with Gasteiger partial charge < -0.3 is 19.5 Å². The second-order valence-corrected chi connectivity index (χ2v) is 9.22. The molecule has 6 heteroatoms. The van der Waals surface area contributed by atoms with Gasteiger partial charge in [0.15, 0.2) is 5.11 Å². The zero-order valence-electron chi connectivity index (χ0n) is 18.9. The van der Waals surface area contributed by atoms with Crippen LogP contribution in [-0.4, -0.2) is 32.7 Å². The summed E-state index contributed by atoms with van der Waals surface area (Å²) in [6.07, 6.45) is 6.82. The Kier molecular flexibility index (Phi) is 5.64. The summed E-state index contributed by atoms with van der Waals surface area (Å²) in [6.45, 7) is 4.40. The van der Waals surface area contributed by atoms with Gasteiger partial charge in [-0.25, -0.2) is 0 Å². The molecule has 0 radical (unpaired) electrons. The number of thiocarbonyl (C=S) groups is 1. The van der Waals surface area contributed by atoms with Crippen molar-refractivity contribution < 1.29 is 4.74 Å². The maximum absolute atomic E-state index is 5.90. The lowest BCUT2D eigenvalue weighted by Crippen LogP contribution is -2.37. The molecule has 166 valence electrons. The van der Waals surface area contributed by atoms with Gasteiger partial charge in [0.1, 0.15) is 5.75 Å².